The summed E-state index contributed by atoms with van der Waals surface area (Å²) in [5, 5.41) is 2.92. The molecular weight excluding hydrogens is 362 g/mol. The molecule has 0 bridgehead atoms. The minimum atomic E-state index is -3.29. The molecule has 2 aromatic rings. The van der Waals surface area contributed by atoms with E-state index >= 15 is 0 Å². The second kappa shape index (κ2) is 9.10. The maximum Gasteiger partial charge on any atom is 0.223 e. The van der Waals surface area contributed by atoms with Crippen LogP contribution in [0.4, 0.5) is 0 Å². The van der Waals surface area contributed by atoms with Crippen LogP contribution in [-0.2, 0) is 27.8 Å². The topological polar surface area (TPSA) is 79.4 Å². The lowest BCUT2D eigenvalue weighted by atomic mass is 9.97. The van der Waals surface area contributed by atoms with Gasteiger partial charge < -0.3 is 5.32 Å². The van der Waals surface area contributed by atoms with E-state index in [9.17, 15) is 13.2 Å². The third-order valence-electron chi connectivity index (χ3n) is 4.90. The first-order chi connectivity index (χ1) is 13.0. The van der Waals surface area contributed by atoms with Crippen molar-refractivity contribution in [3.05, 3.63) is 66.0 Å². The number of amides is 1. The molecule has 0 radical (unpaired) electrons. The van der Waals surface area contributed by atoms with Crippen molar-refractivity contribution in [3.8, 4) is 0 Å². The second-order valence-corrected chi connectivity index (χ2v) is 8.89. The maximum absolute atomic E-state index is 12.6. The number of carbonyl (C=O) groups excluding carboxylic acids is 1. The van der Waals surface area contributed by atoms with E-state index in [2.05, 4.69) is 10.3 Å². The predicted molar refractivity (Wildman–Crippen MR) is 104 cm³/mol. The molecule has 3 rings (SSSR count). The Labute approximate surface area is 160 Å². The number of carbonyl (C=O) groups is 1. The van der Waals surface area contributed by atoms with Gasteiger partial charge in [-0.15, -0.1) is 0 Å². The lowest BCUT2D eigenvalue weighted by molar-refractivity contribution is -0.126. The van der Waals surface area contributed by atoms with Gasteiger partial charge in [-0.1, -0.05) is 36.4 Å². The smallest absolute Gasteiger partial charge is 0.223 e. The van der Waals surface area contributed by atoms with Crippen molar-refractivity contribution in [2.45, 2.75) is 25.8 Å². The average molecular weight is 388 g/mol. The SMILES string of the molecule is O=C(NCc1cccnc1)C1CCN(S(=O)(=O)CCc2ccccc2)CC1. The number of pyridine rings is 1. The molecule has 1 aromatic carbocycles. The minimum absolute atomic E-state index is 0.0137. The van der Waals surface area contributed by atoms with Gasteiger partial charge >= 0.3 is 0 Å². The number of rotatable bonds is 7. The van der Waals surface area contributed by atoms with Gasteiger partial charge in [-0.05, 0) is 36.5 Å². The van der Waals surface area contributed by atoms with E-state index in [0.29, 0.717) is 38.9 Å². The van der Waals surface area contributed by atoms with Crippen LogP contribution in [0.3, 0.4) is 0 Å². The van der Waals surface area contributed by atoms with Crippen molar-refractivity contribution < 1.29 is 13.2 Å². The largest absolute Gasteiger partial charge is 0.352 e. The van der Waals surface area contributed by atoms with Crippen molar-refractivity contribution in [2.75, 3.05) is 18.8 Å². The van der Waals surface area contributed by atoms with E-state index in [1.165, 1.54) is 4.31 Å². The summed E-state index contributed by atoms with van der Waals surface area (Å²) in [6.07, 6.45) is 5.04. The number of benzene rings is 1. The molecule has 1 amide bonds. The molecule has 0 unspecified atom stereocenters. The number of hydrogen-bond acceptors (Lipinski definition) is 4. The molecule has 0 aliphatic carbocycles. The lowest BCUT2D eigenvalue weighted by Gasteiger charge is -2.30. The van der Waals surface area contributed by atoms with Crippen molar-refractivity contribution in [3.63, 3.8) is 0 Å². The van der Waals surface area contributed by atoms with Gasteiger partial charge in [-0.3, -0.25) is 9.78 Å². The van der Waals surface area contributed by atoms with E-state index in [-0.39, 0.29) is 17.6 Å². The highest BCUT2D eigenvalue weighted by molar-refractivity contribution is 7.89. The van der Waals surface area contributed by atoms with E-state index in [1.807, 2.05) is 42.5 Å². The number of hydrogen-bond donors (Lipinski definition) is 1. The Morgan fingerprint density at radius 2 is 1.78 bits per heavy atom. The molecule has 0 atom stereocenters. The van der Waals surface area contributed by atoms with Crippen LogP contribution in [0.2, 0.25) is 0 Å². The van der Waals surface area contributed by atoms with Gasteiger partial charge in [0, 0.05) is 37.9 Å². The highest BCUT2D eigenvalue weighted by Gasteiger charge is 2.30. The molecule has 27 heavy (non-hydrogen) atoms. The molecule has 6 nitrogen and oxygen atoms in total. The number of sulfonamides is 1. The van der Waals surface area contributed by atoms with Crippen molar-refractivity contribution in [1.29, 1.82) is 0 Å². The molecule has 0 spiro atoms. The van der Waals surface area contributed by atoms with Crippen molar-refractivity contribution >= 4 is 15.9 Å². The molecule has 1 fully saturated rings. The number of aryl methyl sites for hydroxylation is 1. The monoisotopic (exact) mass is 387 g/mol. The molecule has 1 aromatic heterocycles. The molecule has 1 saturated heterocycles. The van der Waals surface area contributed by atoms with Crippen LogP contribution in [-0.4, -0.2) is 42.5 Å². The molecule has 144 valence electrons. The third kappa shape index (κ3) is 5.61. The first-order valence-corrected chi connectivity index (χ1v) is 10.8. The second-order valence-electron chi connectivity index (χ2n) is 6.80. The molecular formula is C20H25N3O3S. The molecule has 0 saturated carbocycles. The molecule has 7 heteroatoms. The molecule has 1 aliphatic rings. The van der Waals surface area contributed by atoms with Crippen LogP contribution < -0.4 is 5.32 Å². The first-order valence-electron chi connectivity index (χ1n) is 9.23. The van der Waals surface area contributed by atoms with Gasteiger partial charge in [0.05, 0.1) is 5.75 Å². The quantitative estimate of drug-likeness (QED) is 0.788. The predicted octanol–water partition coefficient (Wildman–Crippen LogP) is 1.98. The summed E-state index contributed by atoms with van der Waals surface area (Å²) in [5.41, 5.74) is 1.97. The van der Waals surface area contributed by atoms with Crippen LogP contribution in [0.5, 0.6) is 0 Å². The Kier molecular flexibility index (Phi) is 6.58. The highest BCUT2D eigenvalue weighted by Crippen LogP contribution is 2.20. The molecule has 2 heterocycles. The Bertz CT molecular complexity index is 833. The van der Waals surface area contributed by atoms with Crippen LogP contribution >= 0.6 is 0 Å². The average Bonchev–Trinajstić information content (AvgIpc) is 2.72. The molecule has 1 N–H and O–H groups in total. The summed E-state index contributed by atoms with van der Waals surface area (Å²) in [5.74, 6) is -0.0445. The zero-order valence-corrected chi connectivity index (χ0v) is 16.1. The van der Waals surface area contributed by atoms with Crippen molar-refractivity contribution in [2.24, 2.45) is 5.92 Å². The van der Waals surface area contributed by atoms with Gasteiger partial charge in [-0.25, -0.2) is 12.7 Å². The zero-order chi connectivity index (χ0) is 19.1. The number of aromatic nitrogens is 1. The van der Waals surface area contributed by atoms with Crippen LogP contribution in [0.25, 0.3) is 0 Å². The van der Waals surface area contributed by atoms with Gasteiger partial charge in [0.1, 0.15) is 0 Å². The standard InChI is InChI=1S/C20H25N3O3S/c24-20(22-16-18-7-4-11-21-15-18)19-8-12-23(13-9-19)27(25,26)14-10-17-5-2-1-3-6-17/h1-7,11,15,19H,8-10,12-14,16H2,(H,22,24). The fraction of sp³-hybridized carbons (Fsp3) is 0.400. The summed E-state index contributed by atoms with van der Waals surface area (Å²) in [7, 11) is -3.29. The Hall–Kier alpha value is -2.25. The van der Waals surface area contributed by atoms with Gasteiger partial charge in [0.25, 0.3) is 0 Å². The van der Waals surface area contributed by atoms with Gasteiger partial charge in [0.15, 0.2) is 0 Å². The molecule has 1 aliphatic heterocycles. The van der Waals surface area contributed by atoms with E-state index in [1.54, 1.807) is 12.4 Å². The first kappa shape index (κ1) is 19.5. The summed E-state index contributed by atoms with van der Waals surface area (Å²) < 4.78 is 26.7. The van der Waals surface area contributed by atoms with Gasteiger partial charge in [-0.2, -0.15) is 0 Å². The Balaban J connectivity index is 1.45. The van der Waals surface area contributed by atoms with Gasteiger partial charge in [0.2, 0.25) is 15.9 Å². The fourth-order valence-corrected chi connectivity index (χ4v) is 4.77. The number of nitrogens with zero attached hydrogens (tertiary/aromatic N) is 2. The maximum atomic E-state index is 12.6. The van der Waals surface area contributed by atoms with Crippen LogP contribution in [0.1, 0.15) is 24.0 Å². The van der Waals surface area contributed by atoms with E-state index in [4.69, 9.17) is 0 Å². The normalized spacial score (nSPS) is 16.1. The minimum Gasteiger partial charge on any atom is -0.352 e. The Morgan fingerprint density at radius 3 is 2.44 bits per heavy atom. The highest BCUT2D eigenvalue weighted by atomic mass is 32.2. The summed E-state index contributed by atoms with van der Waals surface area (Å²) in [4.78, 5) is 16.4. The van der Waals surface area contributed by atoms with E-state index < -0.39 is 10.0 Å². The summed E-state index contributed by atoms with van der Waals surface area (Å²) in [6.45, 7) is 1.26. The zero-order valence-electron chi connectivity index (χ0n) is 15.3. The van der Waals surface area contributed by atoms with Crippen LogP contribution in [0, 0.1) is 5.92 Å². The fourth-order valence-electron chi connectivity index (χ4n) is 3.25. The lowest BCUT2D eigenvalue weighted by Crippen LogP contribution is -2.43. The number of nitrogens with one attached hydrogen (secondary N) is 1. The summed E-state index contributed by atoms with van der Waals surface area (Å²) in [6, 6.07) is 13.4. The van der Waals surface area contributed by atoms with Crippen molar-refractivity contribution in [1.82, 2.24) is 14.6 Å². The number of piperidine rings is 1. The van der Waals surface area contributed by atoms with Crippen LogP contribution in [0.15, 0.2) is 54.9 Å². The summed E-state index contributed by atoms with van der Waals surface area (Å²) >= 11 is 0. The Morgan fingerprint density at radius 1 is 1.07 bits per heavy atom. The van der Waals surface area contributed by atoms with E-state index in [0.717, 1.165) is 11.1 Å². The third-order valence-corrected chi connectivity index (χ3v) is 6.77.